The van der Waals surface area contributed by atoms with Gasteiger partial charge in [-0.1, -0.05) is 6.92 Å². The third kappa shape index (κ3) is 3.91. The zero-order chi connectivity index (χ0) is 13.7. The highest BCUT2D eigenvalue weighted by Crippen LogP contribution is 2.13. The van der Waals surface area contributed by atoms with Crippen LogP contribution in [0.4, 0.5) is 0 Å². The normalized spacial score (nSPS) is 25.8. The molecule has 2 fully saturated rings. The van der Waals surface area contributed by atoms with Crippen LogP contribution in [-0.2, 0) is 9.53 Å². The van der Waals surface area contributed by atoms with E-state index < -0.39 is 0 Å². The smallest absolute Gasteiger partial charge is 0.237 e. The number of carbonyl (C=O) groups excluding carboxylic acids is 1. The second-order valence-corrected chi connectivity index (χ2v) is 5.62. The molecule has 2 rings (SSSR count). The Bertz CT molecular complexity index is 292. The van der Waals surface area contributed by atoms with E-state index in [1.165, 1.54) is 0 Å². The summed E-state index contributed by atoms with van der Waals surface area (Å²) in [6.07, 6.45) is 3.26. The third-order valence-electron chi connectivity index (χ3n) is 4.34. The lowest BCUT2D eigenvalue weighted by Crippen LogP contribution is -2.52. The van der Waals surface area contributed by atoms with Crippen molar-refractivity contribution in [2.75, 3.05) is 46.4 Å². The number of hydrogen-bond donors (Lipinski definition) is 1. The minimum atomic E-state index is 0.260. The molecule has 0 aromatic rings. The molecule has 0 unspecified atom stereocenters. The third-order valence-corrected chi connectivity index (χ3v) is 4.34. The van der Waals surface area contributed by atoms with Crippen molar-refractivity contribution < 1.29 is 9.53 Å². The molecule has 0 aromatic heterocycles. The van der Waals surface area contributed by atoms with Crippen LogP contribution in [0.2, 0.25) is 0 Å². The van der Waals surface area contributed by atoms with Gasteiger partial charge in [-0.25, -0.2) is 0 Å². The predicted octanol–water partition coefficient (Wildman–Crippen LogP) is 0.308. The summed E-state index contributed by atoms with van der Waals surface area (Å²) in [5.74, 6) is 0.260. The highest BCUT2D eigenvalue weighted by molar-refractivity contribution is 5.78. The molecular formula is C14H27N3O2. The van der Waals surface area contributed by atoms with Gasteiger partial charge in [0.15, 0.2) is 0 Å². The van der Waals surface area contributed by atoms with E-state index in [9.17, 15) is 4.79 Å². The van der Waals surface area contributed by atoms with Crippen LogP contribution in [0.15, 0.2) is 0 Å². The summed E-state index contributed by atoms with van der Waals surface area (Å²) in [5.41, 5.74) is 0. The summed E-state index contributed by atoms with van der Waals surface area (Å²) >= 11 is 0. The van der Waals surface area contributed by atoms with Crippen LogP contribution >= 0.6 is 0 Å². The zero-order valence-corrected chi connectivity index (χ0v) is 12.2. The van der Waals surface area contributed by atoms with E-state index in [0.29, 0.717) is 25.8 Å². The number of rotatable bonds is 4. The summed E-state index contributed by atoms with van der Waals surface area (Å²) in [6, 6.07) is 0.814. The van der Waals surface area contributed by atoms with Crippen molar-refractivity contribution in [2.24, 2.45) is 0 Å². The lowest BCUT2D eigenvalue weighted by atomic mass is 10.1. The molecule has 5 nitrogen and oxygen atoms in total. The number of morpholine rings is 1. The minimum absolute atomic E-state index is 0.260. The molecular weight excluding hydrogens is 242 g/mol. The molecule has 5 heteroatoms. The molecule has 2 aliphatic rings. The lowest BCUT2D eigenvalue weighted by molar-refractivity contribution is -0.141. The van der Waals surface area contributed by atoms with Crippen molar-refractivity contribution in [1.82, 2.24) is 15.1 Å². The molecule has 1 N–H and O–H groups in total. The average Bonchev–Trinajstić information content (AvgIpc) is 2.48. The van der Waals surface area contributed by atoms with Gasteiger partial charge in [0.25, 0.3) is 0 Å². The summed E-state index contributed by atoms with van der Waals surface area (Å²) in [4.78, 5) is 16.7. The van der Waals surface area contributed by atoms with Gasteiger partial charge < -0.3 is 15.0 Å². The fourth-order valence-corrected chi connectivity index (χ4v) is 3.00. The molecule has 1 atom stereocenters. The molecule has 0 bridgehead atoms. The Morgan fingerprint density at radius 1 is 1.42 bits per heavy atom. The Balaban J connectivity index is 1.84. The van der Waals surface area contributed by atoms with Gasteiger partial charge in [-0.15, -0.1) is 0 Å². The molecule has 0 spiro atoms. The first-order chi connectivity index (χ1) is 9.22. The van der Waals surface area contributed by atoms with Crippen LogP contribution in [0.3, 0.4) is 0 Å². The molecule has 0 saturated carbocycles. The highest BCUT2D eigenvalue weighted by Gasteiger charge is 2.28. The van der Waals surface area contributed by atoms with Crippen LogP contribution in [0.5, 0.6) is 0 Å². The lowest BCUT2D eigenvalue weighted by Gasteiger charge is -2.37. The Morgan fingerprint density at radius 2 is 2.16 bits per heavy atom. The zero-order valence-electron chi connectivity index (χ0n) is 12.2. The van der Waals surface area contributed by atoms with Crippen LogP contribution in [0, 0.1) is 0 Å². The Kier molecular flexibility index (Phi) is 5.60. The first kappa shape index (κ1) is 14.8. The number of nitrogens with one attached hydrogen (secondary N) is 1. The van der Waals surface area contributed by atoms with Gasteiger partial charge >= 0.3 is 0 Å². The van der Waals surface area contributed by atoms with Crippen LogP contribution in [-0.4, -0.2) is 74.2 Å². The fourth-order valence-electron chi connectivity index (χ4n) is 3.00. The van der Waals surface area contributed by atoms with Gasteiger partial charge in [-0.3, -0.25) is 9.69 Å². The number of hydrogen-bond acceptors (Lipinski definition) is 4. The maximum Gasteiger partial charge on any atom is 0.237 e. The van der Waals surface area contributed by atoms with Gasteiger partial charge in [0.05, 0.1) is 25.8 Å². The standard InChI is InChI=1S/C14H27N3O2/c1-3-12-11-19-9-8-17(12)14(18)10-16(2)13-4-6-15-7-5-13/h12-13,15H,3-11H2,1-2H3/t12-/m0/s1. The summed E-state index contributed by atoms with van der Waals surface area (Å²) in [6.45, 7) is 6.92. The van der Waals surface area contributed by atoms with E-state index in [-0.39, 0.29) is 11.9 Å². The van der Waals surface area contributed by atoms with Crippen molar-refractivity contribution >= 4 is 5.91 Å². The SMILES string of the molecule is CC[C@H]1COCCN1C(=O)CN(C)C1CCNCC1. The molecule has 1 amide bonds. The van der Waals surface area contributed by atoms with Crippen molar-refractivity contribution in [2.45, 2.75) is 38.3 Å². The van der Waals surface area contributed by atoms with Gasteiger partial charge in [0, 0.05) is 12.6 Å². The van der Waals surface area contributed by atoms with Gasteiger partial charge in [-0.05, 0) is 39.4 Å². The molecule has 2 aliphatic heterocycles. The Morgan fingerprint density at radius 3 is 2.84 bits per heavy atom. The van der Waals surface area contributed by atoms with Gasteiger partial charge in [-0.2, -0.15) is 0 Å². The van der Waals surface area contributed by atoms with E-state index in [1.807, 2.05) is 4.90 Å². The van der Waals surface area contributed by atoms with Gasteiger partial charge in [0.1, 0.15) is 0 Å². The largest absolute Gasteiger partial charge is 0.377 e. The number of likely N-dealkylation sites (N-methyl/N-ethyl adjacent to an activating group) is 1. The molecule has 110 valence electrons. The quantitative estimate of drug-likeness (QED) is 0.798. The van der Waals surface area contributed by atoms with E-state index in [1.54, 1.807) is 0 Å². The molecule has 0 radical (unpaired) electrons. The topological polar surface area (TPSA) is 44.8 Å². The summed E-state index contributed by atoms with van der Waals surface area (Å²) in [5, 5.41) is 3.36. The minimum Gasteiger partial charge on any atom is -0.377 e. The monoisotopic (exact) mass is 269 g/mol. The van der Waals surface area contributed by atoms with E-state index >= 15 is 0 Å². The number of ether oxygens (including phenoxy) is 1. The summed E-state index contributed by atoms with van der Waals surface area (Å²) in [7, 11) is 2.08. The number of amides is 1. The fraction of sp³-hybridized carbons (Fsp3) is 0.929. The maximum atomic E-state index is 12.4. The highest BCUT2D eigenvalue weighted by atomic mass is 16.5. The van der Waals surface area contributed by atoms with Crippen LogP contribution in [0.25, 0.3) is 0 Å². The Hall–Kier alpha value is -0.650. The predicted molar refractivity (Wildman–Crippen MR) is 75.1 cm³/mol. The molecule has 2 heterocycles. The molecule has 2 saturated heterocycles. The van der Waals surface area contributed by atoms with Crippen molar-refractivity contribution in [3.05, 3.63) is 0 Å². The second kappa shape index (κ2) is 7.22. The Labute approximate surface area is 116 Å². The maximum absolute atomic E-state index is 12.4. The van der Waals surface area contributed by atoms with Crippen molar-refractivity contribution in [1.29, 1.82) is 0 Å². The van der Waals surface area contributed by atoms with E-state index in [4.69, 9.17) is 4.74 Å². The van der Waals surface area contributed by atoms with E-state index in [0.717, 1.165) is 38.9 Å². The van der Waals surface area contributed by atoms with E-state index in [2.05, 4.69) is 24.2 Å². The van der Waals surface area contributed by atoms with Crippen molar-refractivity contribution in [3.63, 3.8) is 0 Å². The van der Waals surface area contributed by atoms with Gasteiger partial charge in [0.2, 0.25) is 5.91 Å². The first-order valence-electron chi connectivity index (χ1n) is 7.50. The van der Waals surface area contributed by atoms with Crippen LogP contribution < -0.4 is 5.32 Å². The number of piperidine rings is 1. The number of nitrogens with zero attached hydrogens (tertiary/aromatic N) is 2. The summed E-state index contributed by atoms with van der Waals surface area (Å²) < 4.78 is 5.46. The first-order valence-corrected chi connectivity index (χ1v) is 7.50. The van der Waals surface area contributed by atoms with Crippen LogP contribution in [0.1, 0.15) is 26.2 Å². The average molecular weight is 269 g/mol. The molecule has 0 aliphatic carbocycles. The molecule has 19 heavy (non-hydrogen) atoms. The van der Waals surface area contributed by atoms with Crippen molar-refractivity contribution in [3.8, 4) is 0 Å². The second-order valence-electron chi connectivity index (χ2n) is 5.62. The molecule has 0 aromatic carbocycles. The number of carbonyl (C=O) groups is 1.